The summed E-state index contributed by atoms with van der Waals surface area (Å²) in [6.07, 6.45) is 1.61. The number of para-hydroxylation sites is 1. The molecule has 1 amide bonds. The highest BCUT2D eigenvalue weighted by Gasteiger charge is 2.44. The van der Waals surface area contributed by atoms with Crippen LogP contribution in [0.25, 0.3) is 0 Å². The van der Waals surface area contributed by atoms with E-state index < -0.39 is 17.7 Å². The topological polar surface area (TPSA) is 148 Å². The number of anilines is 2. The highest BCUT2D eigenvalue weighted by atomic mass is 32.1. The molecule has 11 nitrogen and oxygen atoms in total. The predicted molar refractivity (Wildman–Crippen MR) is 163 cm³/mol. The standard InChI is InChI=1S/C30H33N7O4S/c1-2-40-30(13-8-14-30)28-35-23(27(42-28)37-15-17-39-18-16-37)24(31)41-29(32)36-25-26(38)33-21-12-7-6-11-20(21)22(34-25)19-9-4-3-5-10-19/h3-7,9-12,25,31H,2,8,13-18H2,1H3,(H2,32,36)(H,33,38)/t25-/m1/s1. The van der Waals surface area contributed by atoms with Crippen molar-refractivity contribution in [3.8, 4) is 0 Å². The molecule has 3 aliphatic rings. The van der Waals surface area contributed by atoms with Crippen LogP contribution in [0.4, 0.5) is 10.7 Å². The second-order valence-corrected chi connectivity index (χ2v) is 11.2. The molecule has 1 saturated carbocycles. The summed E-state index contributed by atoms with van der Waals surface area (Å²) in [5.41, 5.74) is 8.96. The molecule has 0 unspecified atom stereocenters. The van der Waals surface area contributed by atoms with Gasteiger partial charge in [0.1, 0.15) is 15.6 Å². The molecule has 6 rings (SSSR count). The first-order chi connectivity index (χ1) is 20.5. The molecule has 2 aromatic carbocycles. The molecule has 4 N–H and O–H groups in total. The van der Waals surface area contributed by atoms with Crippen molar-refractivity contribution >= 4 is 45.6 Å². The van der Waals surface area contributed by atoms with E-state index in [4.69, 9.17) is 30.3 Å². The van der Waals surface area contributed by atoms with E-state index in [1.807, 2.05) is 61.5 Å². The number of nitrogens with one attached hydrogen (secondary N) is 2. The second-order valence-electron chi connectivity index (χ2n) is 10.2. The molecule has 1 aliphatic carbocycles. The first kappa shape index (κ1) is 28.0. The van der Waals surface area contributed by atoms with Crippen LogP contribution in [0, 0.1) is 5.41 Å². The third-order valence-electron chi connectivity index (χ3n) is 7.52. The van der Waals surface area contributed by atoms with Crippen LogP contribution >= 0.6 is 11.3 Å². The Morgan fingerprint density at radius 2 is 1.93 bits per heavy atom. The highest BCUT2D eigenvalue weighted by Crippen LogP contribution is 2.48. The molecule has 42 heavy (non-hydrogen) atoms. The molecule has 1 saturated heterocycles. The fraction of sp³-hybridized carbons (Fsp3) is 0.367. The molecular formula is C30H33N7O4S. The maximum absolute atomic E-state index is 13.2. The number of carbonyl (C=O) groups excluding carboxylic acids is 1. The van der Waals surface area contributed by atoms with Crippen LogP contribution < -0.4 is 16.0 Å². The minimum absolute atomic E-state index is 0.254. The lowest BCUT2D eigenvalue weighted by atomic mass is 9.80. The number of nitrogens with two attached hydrogens (primary N) is 1. The van der Waals surface area contributed by atoms with Gasteiger partial charge >= 0.3 is 0 Å². The largest absolute Gasteiger partial charge is 0.405 e. The zero-order chi connectivity index (χ0) is 29.1. The first-order valence-electron chi connectivity index (χ1n) is 14.1. The number of nitrogens with zero attached hydrogens (tertiary/aromatic N) is 4. The van der Waals surface area contributed by atoms with Gasteiger partial charge < -0.3 is 30.2 Å². The number of aromatic nitrogens is 1. The third kappa shape index (κ3) is 5.52. The van der Waals surface area contributed by atoms with Crippen LogP contribution in [0.1, 0.15) is 48.0 Å². The van der Waals surface area contributed by atoms with E-state index in [-0.39, 0.29) is 11.9 Å². The molecule has 0 spiro atoms. The average molecular weight is 588 g/mol. The summed E-state index contributed by atoms with van der Waals surface area (Å²) in [4.78, 5) is 29.2. The van der Waals surface area contributed by atoms with Gasteiger partial charge in [0, 0.05) is 30.8 Å². The summed E-state index contributed by atoms with van der Waals surface area (Å²) in [6.45, 7) is 5.07. The molecule has 0 bridgehead atoms. The zero-order valence-electron chi connectivity index (χ0n) is 23.3. The Morgan fingerprint density at radius 3 is 2.64 bits per heavy atom. The monoisotopic (exact) mass is 587 g/mol. The van der Waals surface area contributed by atoms with E-state index in [1.54, 1.807) is 0 Å². The van der Waals surface area contributed by atoms with E-state index >= 15 is 0 Å². The number of thiazole rings is 1. The molecule has 1 atom stereocenters. The molecule has 3 heterocycles. The fourth-order valence-corrected chi connectivity index (χ4v) is 6.61. The van der Waals surface area contributed by atoms with E-state index in [9.17, 15) is 4.79 Å². The Morgan fingerprint density at radius 1 is 1.19 bits per heavy atom. The van der Waals surface area contributed by atoms with Crippen LogP contribution in [-0.2, 0) is 24.6 Å². The van der Waals surface area contributed by atoms with Crippen molar-refractivity contribution in [2.24, 2.45) is 15.7 Å². The summed E-state index contributed by atoms with van der Waals surface area (Å²) in [6, 6.07) is 16.7. The minimum Gasteiger partial charge on any atom is -0.405 e. The number of hydrogen-bond donors (Lipinski definition) is 3. The van der Waals surface area contributed by atoms with Crippen molar-refractivity contribution in [1.82, 2.24) is 4.98 Å². The number of carbonyl (C=O) groups is 1. The maximum atomic E-state index is 13.2. The summed E-state index contributed by atoms with van der Waals surface area (Å²) in [5.74, 6) is -0.712. The Labute approximate surface area is 247 Å². The van der Waals surface area contributed by atoms with Gasteiger partial charge in [-0.15, -0.1) is 0 Å². The second kappa shape index (κ2) is 12.0. The first-order valence-corrected chi connectivity index (χ1v) is 14.9. The van der Waals surface area contributed by atoms with Crippen LogP contribution in [0.5, 0.6) is 0 Å². The Kier molecular flexibility index (Phi) is 8.00. The van der Waals surface area contributed by atoms with Crippen LogP contribution in [0.3, 0.4) is 0 Å². The molecule has 1 aromatic heterocycles. The molecule has 2 aliphatic heterocycles. The number of benzene rings is 2. The van der Waals surface area contributed by atoms with Crippen molar-refractivity contribution in [2.45, 2.75) is 38.0 Å². The van der Waals surface area contributed by atoms with Crippen molar-refractivity contribution in [2.75, 3.05) is 43.1 Å². The summed E-state index contributed by atoms with van der Waals surface area (Å²) in [7, 11) is 0. The molecule has 2 fully saturated rings. The number of amidine groups is 1. The number of amides is 1. The number of hydrogen-bond acceptors (Lipinski definition) is 10. The summed E-state index contributed by atoms with van der Waals surface area (Å²) >= 11 is 1.52. The lowest BCUT2D eigenvalue weighted by molar-refractivity contribution is -0.117. The highest BCUT2D eigenvalue weighted by molar-refractivity contribution is 7.16. The van der Waals surface area contributed by atoms with E-state index in [0.29, 0.717) is 50.0 Å². The molecule has 3 aromatic rings. The van der Waals surface area contributed by atoms with Gasteiger partial charge in [0.05, 0.1) is 24.6 Å². The van der Waals surface area contributed by atoms with Gasteiger partial charge in [0.15, 0.2) is 5.69 Å². The zero-order valence-corrected chi connectivity index (χ0v) is 24.2. The molecule has 218 valence electrons. The van der Waals surface area contributed by atoms with Gasteiger partial charge in [-0.3, -0.25) is 10.2 Å². The van der Waals surface area contributed by atoms with Crippen LogP contribution in [-0.4, -0.2) is 67.6 Å². The van der Waals surface area contributed by atoms with Crippen molar-refractivity contribution in [1.29, 1.82) is 5.41 Å². The number of morpholine rings is 1. The predicted octanol–water partition coefficient (Wildman–Crippen LogP) is 3.87. The number of ether oxygens (including phenoxy) is 3. The molecule has 12 heteroatoms. The maximum Gasteiger partial charge on any atom is 0.291 e. The van der Waals surface area contributed by atoms with Gasteiger partial charge in [-0.1, -0.05) is 59.9 Å². The number of aliphatic imine (C=N–C) groups is 2. The number of fused-ring (bicyclic) bond motifs is 1. The fourth-order valence-electron chi connectivity index (χ4n) is 5.29. The molecule has 0 radical (unpaired) electrons. The SMILES string of the molecule is CCOC1(c2nc(C(=N)O/C(N)=N/[C@H]3N=C(c4ccccc4)c4ccccc4NC3=O)c(N3CCOCC3)s2)CCC1. The van der Waals surface area contributed by atoms with Gasteiger partial charge in [-0.05, 0) is 32.3 Å². The Hall–Kier alpha value is -4.13. The minimum atomic E-state index is -1.22. The lowest BCUT2D eigenvalue weighted by Crippen LogP contribution is -2.37. The Bertz CT molecular complexity index is 1530. The van der Waals surface area contributed by atoms with E-state index in [1.165, 1.54) is 11.3 Å². The van der Waals surface area contributed by atoms with Gasteiger partial charge in [0.2, 0.25) is 12.1 Å². The average Bonchev–Trinajstić information content (AvgIpc) is 3.39. The van der Waals surface area contributed by atoms with Crippen molar-refractivity contribution in [3.63, 3.8) is 0 Å². The van der Waals surface area contributed by atoms with Crippen LogP contribution in [0.15, 0.2) is 64.6 Å². The summed E-state index contributed by atoms with van der Waals surface area (Å²) in [5, 5.41) is 13.4. The van der Waals surface area contributed by atoms with Gasteiger partial charge in [-0.25, -0.2) is 9.98 Å². The lowest BCUT2D eigenvalue weighted by Gasteiger charge is -2.39. The van der Waals surface area contributed by atoms with Crippen molar-refractivity contribution in [3.05, 3.63) is 76.4 Å². The van der Waals surface area contributed by atoms with Crippen LogP contribution in [0.2, 0.25) is 0 Å². The number of benzodiazepines with no additional fused rings is 1. The quantitative estimate of drug-likeness (QED) is 0.281. The summed E-state index contributed by atoms with van der Waals surface area (Å²) < 4.78 is 17.4. The number of rotatable bonds is 7. The Balaban J connectivity index is 1.30. The van der Waals surface area contributed by atoms with Crippen molar-refractivity contribution < 1.29 is 19.0 Å². The molecular weight excluding hydrogens is 554 g/mol. The van der Waals surface area contributed by atoms with Gasteiger partial charge in [0.25, 0.3) is 11.9 Å². The van der Waals surface area contributed by atoms with E-state index in [0.717, 1.165) is 40.4 Å². The third-order valence-corrected chi connectivity index (χ3v) is 8.83. The smallest absolute Gasteiger partial charge is 0.291 e. The van der Waals surface area contributed by atoms with E-state index in [2.05, 4.69) is 20.2 Å². The van der Waals surface area contributed by atoms with Gasteiger partial charge in [-0.2, -0.15) is 4.99 Å². The normalized spacial score (nSPS) is 20.1.